The van der Waals surface area contributed by atoms with Crippen molar-refractivity contribution in [2.24, 2.45) is 22.4 Å². The maximum absolute atomic E-state index is 13.6. The first-order chi connectivity index (χ1) is 7.99. The summed E-state index contributed by atoms with van der Waals surface area (Å²) in [5.74, 6) is -1.36. The van der Waals surface area contributed by atoms with E-state index in [1.54, 1.807) is 12.1 Å². The highest BCUT2D eigenvalue weighted by Gasteiger charge is 2.45. The van der Waals surface area contributed by atoms with Crippen LogP contribution in [-0.4, -0.2) is 11.9 Å². The van der Waals surface area contributed by atoms with Gasteiger partial charge in [-0.15, -0.1) is 0 Å². The molecule has 1 aromatic carbocycles. The van der Waals surface area contributed by atoms with E-state index in [0.29, 0.717) is 16.5 Å². The van der Waals surface area contributed by atoms with E-state index < -0.39 is 0 Å². The second kappa shape index (κ2) is 4.44. The van der Waals surface area contributed by atoms with Crippen molar-refractivity contribution in [3.63, 3.8) is 0 Å². The van der Waals surface area contributed by atoms with Gasteiger partial charge in [-0.05, 0) is 30.0 Å². The molecule has 6 heteroatoms. The van der Waals surface area contributed by atoms with Gasteiger partial charge in [-0.2, -0.15) is 4.99 Å². The van der Waals surface area contributed by atoms with Gasteiger partial charge in [0.25, 0.3) is 5.91 Å². The van der Waals surface area contributed by atoms with E-state index in [4.69, 9.17) is 11.5 Å². The number of carbonyl (C=O) groups excluding carboxylic acids is 1. The van der Waals surface area contributed by atoms with Gasteiger partial charge in [-0.3, -0.25) is 4.79 Å². The molecule has 1 aliphatic rings. The number of benzene rings is 1. The lowest BCUT2D eigenvalue weighted by Gasteiger charge is -2.01. The maximum atomic E-state index is 13.6. The third kappa shape index (κ3) is 2.63. The van der Waals surface area contributed by atoms with E-state index in [0.717, 1.165) is 0 Å². The van der Waals surface area contributed by atoms with Gasteiger partial charge >= 0.3 is 0 Å². The van der Waals surface area contributed by atoms with Crippen molar-refractivity contribution >= 4 is 27.8 Å². The number of hydrogen-bond acceptors (Lipinski definition) is 1. The minimum atomic E-state index is -0.377. The number of carbonyl (C=O) groups is 1. The summed E-state index contributed by atoms with van der Waals surface area (Å²) in [7, 11) is 0. The summed E-state index contributed by atoms with van der Waals surface area (Å²) in [6.07, 6.45) is 0.591. The molecule has 2 unspecified atom stereocenters. The zero-order valence-electron chi connectivity index (χ0n) is 8.86. The third-order valence-corrected chi connectivity index (χ3v) is 3.20. The molecule has 0 heterocycles. The number of amides is 1. The number of nitrogens with two attached hydrogens (primary N) is 2. The van der Waals surface area contributed by atoms with Gasteiger partial charge in [0.2, 0.25) is 0 Å². The molecule has 0 bridgehead atoms. The van der Waals surface area contributed by atoms with Gasteiger partial charge in [0.15, 0.2) is 5.96 Å². The number of nitrogens with zero attached hydrogens (tertiary/aromatic N) is 1. The van der Waals surface area contributed by atoms with Crippen LogP contribution in [0.2, 0.25) is 0 Å². The predicted octanol–water partition coefficient (Wildman–Crippen LogP) is 1.49. The normalized spacial score (nSPS) is 22.0. The molecule has 0 saturated heterocycles. The summed E-state index contributed by atoms with van der Waals surface area (Å²) >= 11 is 3.18. The van der Waals surface area contributed by atoms with Gasteiger partial charge in [-0.25, -0.2) is 4.39 Å². The Morgan fingerprint density at radius 2 is 2.18 bits per heavy atom. The van der Waals surface area contributed by atoms with Crippen LogP contribution in [0.25, 0.3) is 0 Å². The number of aliphatic imine (C=N–C) groups is 1. The molecule has 1 aromatic rings. The topological polar surface area (TPSA) is 81.5 Å². The lowest BCUT2D eigenvalue weighted by molar-refractivity contribution is -0.119. The summed E-state index contributed by atoms with van der Waals surface area (Å²) < 4.78 is 14.3. The molecule has 0 aliphatic heterocycles. The molecular formula is C11H11BrFN3O. The minimum Gasteiger partial charge on any atom is -0.370 e. The van der Waals surface area contributed by atoms with Crippen molar-refractivity contribution in [1.82, 2.24) is 0 Å². The Balaban J connectivity index is 2.13. The Bertz CT molecular complexity index is 499. The average molecular weight is 300 g/mol. The summed E-state index contributed by atoms with van der Waals surface area (Å²) in [6.45, 7) is 0. The molecule has 0 radical (unpaired) electrons. The van der Waals surface area contributed by atoms with E-state index in [1.807, 2.05) is 0 Å². The van der Waals surface area contributed by atoms with Gasteiger partial charge in [-0.1, -0.05) is 22.0 Å². The predicted molar refractivity (Wildman–Crippen MR) is 65.8 cm³/mol. The molecule has 4 N–H and O–H groups in total. The molecule has 1 fully saturated rings. The lowest BCUT2D eigenvalue weighted by Crippen LogP contribution is -2.24. The SMILES string of the molecule is NC(N)=NC(=O)C1CC1c1ccc(Br)cc1F. The van der Waals surface area contributed by atoms with Crippen LogP contribution in [0.4, 0.5) is 4.39 Å². The van der Waals surface area contributed by atoms with Crippen LogP contribution in [0, 0.1) is 11.7 Å². The van der Waals surface area contributed by atoms with Crippen molar-refractivity contribution in [2.45, 2.75) is 12.3 Å². The zero-order chi connectivity index (χ0) is 12.6. The van der Waals surface area contributed by atoms with Crippen molar-refractivity contribution in [3.8, 4) is 0 Å². The molecular weight excluding hydrogens is 289 g/mol. The van der Waals surface area contributed by atoms with E-state index in [2.05, 4.69) is 20.9 Å². The first-order valence-corrected chi connectivity index (χ1v) is 5.86. The van der Waals surface area contributed by atoms with Gasteiger partial charge in [0.1, 0.15) is 5.82 Å². The molecule has 2 atom stereocenters. The summed E-state index contributed by atoms with van der Waals surface area (Å²) in [6, 6.07) is 4.81. The largest absolute Gasteiger partial charge is 0.370 e. The fraction of sp³-hybridized carbons (Fsp3) is 0.273. The smallest absolute Gasteiger partial charge is 0.252 e. The Labute approximate surface area is 106 Å². The summed E-state index contributed by atoms with van der Waals surface area (Å²) in [4.78, 5) is 15.0. The Morgan fingerprint density at radius 3 is 2.76 bits per heavy atom. The summed E-state index contributed by atoms with van der Waals surface area (Å²) in [5, 5.41) is 0. The molecule has 0 spiro atoms. The van der Waals surface area contributed by atoms with E-state index >= 15 is 0 Å². The van der Waals surface area contributed by atoms with Crippen molar-refractivity contribution in [1.29, 1.82) is 0 Å². The van der Waals surface area contributed by atoms with Crippen molar-refractivity contribution in [3.05, 3.63) is 34.1 Å². The fourth-order valence-corrected chi connectivity index (χ4v) is 2.16. The van der Waals surface area contributed by atoms with Crippen LogP contribution >= 0.6 is 15.9 Å². The van der Waals surface area contributed by atoms with Gasteiger partial charge in [0, 0.05) is 10.4 Å². The number of halogens is 2. The number of rotatable bonds is 2. The van der Waals surface area contributed by atoms with E-state index in [1.165, 1.54) is 6.07 Å². The lowest BCUT2D eigenvalue weighted by atomic mass is 10.1. The van der Waals surface area contributed by atoms with Crippen LogP contribution in [0.15, 0.2) is 27.7 Å². The zero-order valence-corrected chi connectivity index (χ0v) is 10.4. The number of guanidine groups is 1. The molecule has 90 valence electrons. The Kier molecular flexibility index (Phi) is 3.15. The van der Waals surface area contributed by atoms with Crippen LogP contribution in [0.1, 0.15) is 17.9 Å². The van der Waals surface area contributed by atoms with Gasteiger partial charge < -0.3 is 11.5 Å². The van der Waals surface area contributed by atoms with Gasteiger partial charge in [0.05, 0.1) is 0 Å². The third-order valence-electron chi connectivity index (χ3n) is 2.71. The second-order valence-corrected chi connectivity index (χ2v) is 4.91. The number of hydrogen-bond donors (Lipinski definition) is 2. The fourth-order valence-electron chi connectivity index (χ4n) is 1.82. The van der Waals surface area contributed by atoms with Crippen LogP contribution in [0.5, 0.6) is 0 Å². The Hall–Kier alpha value is -1.43. The second-order valence-electron chi connectivity index (χ2n) is 3.99. The van der Waals surface area contributed by atoms with Crippen LogP contribution in [0.3, 0.4) is 0 Å². The highest BCUT2D eigenvalue weighted by molar-refractivity contribution is 9.10. The van der Waals surface area contributed by atoms with E-state index in [-0.39, 0.29) is 29.5 Å². The molecule has 1 aliphatic carbocycles. The highest BCUT2D eigenvalue weighted by atomic mass is 79.9. The maximum Gasteiger partial charge on any atom is 0.252 e. The average Bonchev–Trinajstić information content (AvgIpc) is 2.96. The quantitative estimate of drug-likeness (QED) is 0.641. The first-order valence-electron chi connectivity index (χ1n) is 5.07. The molecule has 1 saturated carbocycles. The molecule has 0 aromatic heterocycles. The molecule has 1 amide bonds. The monoisotopic (exact) mass is 299 g/mol. The van der Waals surface area contributed by atoms with Crippen LogP contribution in [-0.2, 0) is 4.79 Å². The van der Waals surface area contributed by atoms with E-state index in [9.17, 15) is 9.18 Å². The summed E-state index contributed by atoms with van der Waals surface area (Å²) in [5.41, 5.74) is 10.8. The Morgan fingerprint density at radius 1 is 1.47 bits per heavy atom. The molecule has 2 rings (SSSR count). The molecule has 4 nitrogen and oxygen atoms in total. The van der Waals surface area contributed by atoms with Crippen LogP contribution < -0.4 is 11.5 Å². The first kappa shape index (κ1) is 12.0. The van der Waals surface area contributed by atoms with Crippen molar-refractivity contribution < 1.29 is 9.18 Å². The highest BCUT2D eigenvalue weighted by Crippen LogP contribution is 2.49. The molecule has 17 heavy (non-hydrogen) atoms. The van der Waals surface area contributed by atoms with Crippen molar-refractivity contribution in [2.75, 3.05) is 0 Å². The standard InChI is InChI=1S/C11H11BrFN3O/c12-5-1-2-6(9(13)3-5)7-4-8(7)10(17)16-11(14)15/h1-3,7-8H,4H2,(H4,14,15,16,17). The minimum absolute atomic E-state index is 0.112.